The number of anilines is 1. The van der Waals surface area contributed by atoms with Crippen LogP contribution in [0.2, 0.25) is 15.1 Å². The van der Waals surface area contributed by atoms with E-state index in [0.29, 0.717) is 5.69 Å². The smallest absolute Gasteiger partial charge is 0.359 e. The number of carbonyl (C=O) groups excluding carboxylic acids is 2. The molecular formula is C15H10BrCl3N2O3. The van der Waals surface area contributed by atoms with Crippen LogP contribution in [-0.2, 0) is 9.53 Å². The highest BCUT2D eigenvalue weighted by Gasteiger charge is 2.19. The quantitative estimate of drug-likeness (QED) is 0.670. The third-order valence-electron chi connectivity index (χ3n) is 2.84. The number of aryl methyl sites for hydroxylation is 1. The van der Waals surface area contributed by atoms with Gasteiger partial charge in [-0.1, -0.05) is 40.9 Å². The molecule has 0 atom stereocenters. The zero-order valence-electron chi connectivity index (χ0n) is 12.2. The van der Waals surface area contributed by atoms with Crippen molar-refractivity contribution in [2.24, 2.45) is 0 Å². The lowest BCUT2D eigenvalue weighted by atomic mass is 10.2. The summed E-state index contributed by atoms with van der Waals surface area (Å²) in [4.78, 5) is 27.6. The number of hydrogen-bond donors (Lipinski definition) is 1. The van der Waals surface area contributed by atoms with E-state index < -0.39 is 18.5 Å². The van der Waals surface area contributed by atoms with Crippen LogP contribution < -0.4 is 5.32 Å². The Kier molecular flexibility index (Phi) is 6.46. The number of halogens is 4. The molecule has 0 saturated heterocycles. The number of aromatic nitrogens is 1. The first-order chi connectivity index (χ1) is 11.3. The average molecular weight is 453 g/mol. The molecular weight excluding hydrogens is 442 g/mol. The number of esters is 1. The summed E-state index contributed by atoms with van der Waals surface area (Å²) in [6.07, 6.45) is 1.18. The van der Waals surface area contributed by atoms with Crippen LogP contribution in [0.25, 0.3) is 0 Å². The Balaban J connectivity index is 1.99. The molecule has 24 heavy (non-hydrogen) atoms. The highest BCUT2D eigenvalue weighted by atomic mass is 79.9. The summed E-state index contributed by atoms with van der Waals surface area (Å²) < 4.78 is 5.61. The lowest BCUT2D eigenvalue weighted by Gasteiger charge is -2.09. The molecule has 0 radical (unpaired) electrons. The van der Waals surface area contributed by atoms with Gasteiger partial charge in [-0.15, -0.1) is 0 Å². The second-order valence-corrected chi connectivity index (χ2v) is 6.71. The molecule has 0 aliphatic heterocycles. The fourth-order valence-electron chi connectivity index (χ4n) is 1.69. The van der Waals surface area contributed by atoms with Gasteiger partial charge in [0.1, 0.15) is 0 Å². The summed E-state index contributed by atoms with van der Waals surface area (Å²) in [5.74, 6) is -1.39. The van der Waals surface area contributed by atoms with Gasteiger partial charge >= 0.3 is 5.97 Å². The summed E-state index contributed by atoms with van der Waals surface area (Å²) in [5, 5.41) is 2.59. The molecule has 1 N–H and O–H groups in total. The second-order valence-electron chi connectivity index (χ2n) is 4.69. The number of rotatable bonds is 4. The van der Waals surface area contributed by atoms with Crippen LogP contribution in [-0.4, -0.2) is 23.5 Å². The van der Waals surface area contributed by atoms with E-state index in [1.54, 1.807) is 6.07 Å². The number of amides is 1. The van der Waals surface area contributed by atoms with Crippen molar-refractivity contribution in [1.82, 2.24) is 4.98 Å². The van der Waals surface area contributed by atoms with Gasteiger partial charge in [-0.05, 0) is 40.5 Å². The Morgan fingerprint density at radius 1 is 1.25 bits per heavy atom. The van der Waals surface area contributed by atoms with Crippen molar-refractivity contribution in [3.63, 3.8) is 0 Å². The van der Waals surface area contributed by atoms with Gasteiger partial charge in [0, 0.05) is 10.7 Å². The van der Waals surface area contributed by atoms with Crippen molar-refractivity contribution in [3.05, 3.63) is 55.2 Å². The lowest BCUT2D eigenvalue weighted by molar-refractivity contribution is -0.119. The average Bonchev–Trinajstić information content (AvgIpc) is 2.53. The summed E-state index contributed by atoms with van der Waals surface area (Å²) >= 11 is 20.8. The van der Waals surface area contributed by atoms with E-state index in [1.807, 2.05) is 19.1 Å². The SMILES string of the molecule is Cc1ccc(NC(=O)COC(=O)c2ncc(Cl)c(Cl)c2Cl)c(Br)c1. The number of nitrogens with zero attached hydrogens (tertiary/aromatic N) is 1. The van der Waals surface area contributed by atoms with Crippen LogP contribution in [0, 0.1) is 6.92 Å². The van der Waals surface area contributed by atoms with Crippen molar-refractivity contribution in [2.75, 3.05) is 11.9 Å². The van der Waals surface area contributed by atoms with Gasteiger partial charge in [-0.3, -0.25) is 4.79 Å². The van der Waals surface area contributed by atoms with Crippen molar-refractivity contribution in [3.8, 4) is 0 Å². The Bertz CT molecular complexity index is 815. The molecule has 1 amide bonds. The number of ether oxygens (including phenoxy) is 1. The molecule has 0 aliphatic carbocycles. The molecule has 0 aliphatic rings. The zero-order valence-corrected chi connectivity index (χ0v) is 16.1. The van der Waals surface area contributed by atoms with Gasteiger partial charge in [0.05, 0.1) is 20.8 Å². The molecule has 0 saturated carbocycles. The molecule has 2 rings (SSSR count). The van der Waals surface area contributed by atoms with Crippen molar-refractivity contribution >= 4 is 68.3 Å². The third kappa shape index (κ3) is 4.60. The maximum Gasteiger partial charge on any atom is 0.359 e. The maximum atomic E-state index is 11.9. The van der Waals surface area contributed by atoms with Crippen LogP contribution in [0.4, 0.5) is 5.69 Å². The van der Waals surface area contributed by atoms with E-state index in [-0.39, 0.29) is 20.8 Å². The standard InChI is InChI=1S/C15H10BrCl3N2O3/c1-7-2-3-10(8(16)4-7)21-11(22)6-24-15(23)14-13(19)12(18)9(17)5-20-14/h2-5H,6H2,1H3,(H,21,22). The van der Waals surface area contributed by atoms with E-state index in [2.05, 4.69) is 26.2 Å². The van der Waals surface area contributed by atoms with E-state index in [1.165, 1.54) is 6.20 Å². The largest absolute Gasteiger partial charge is 0.451 e. The van der Waals surface area contributed by atoms with E-state index in [0.717, 1.165) is 10.0 Å². The molecule has 9 heteroatoms. The predicted molar refractivity (Wildman–Crippen MR) is 97.1 cm³/mol. The zero-order chi connectivity index (χ0) is 17.9. The van der Waals surface area contributed by atoms with Crippen LogP contribution in [0.15, 0.2) is 28.9 Å². The van der Waals surface area contributed by atoms with Crippen molar-refractivity contribution in [2.45, 2.75) is 6.92 Å². The molecule has 2 aromatic rings. The molecule has 126 valence electrons. The van der Waals surface area contributed by atoms with Crippen LogP contribution >= 0.6 is 50.7 Å². The number of hydrogen-bond acceptors (Lipinski definition) is 4. The predicted octanol–water partition coefficient (Wildman–Crippen LogP) is 4.91. The minimum absolute atomic E-state index is 0.00618. The summed E-state index contributed by atoms with van der Waals surface area (Å²) in [6, 6.07) is 5.42. The van der Waals surface area contributed by atoms with Crippen molar-refractivity contribution < 1.29 is 14.3 Å². The monoisotopic (exact) mass is 450 g/mol. The van der Waals surface area contributed by atoms with Gasteiger partial charge in [0.2, 0.25) is 0 Å². The molecule has 0 bridgehead atoms. The van der Waals surface area contributed by atoms with Crippen LogP contribution in [0.3, 0.4) is 0 Å². The Morgan fingerprint density at radius 2 is 1.96 bits per heavy atom. The lowest BCUT2D eigenvalue weighted by Crippen LogP contribution is -2.21. The molecule has 5 nitrogen and oxygen atoms in total. The minimum Gasteiger partial charge on any atom is -0.451 e. The van der Waals surface area contributed by atoms with Gasteiger partial charge in [0.25, 0.3) is 5.91 Å². The topological polar surface area (TPSA) is 68.3 Å². The van der Waals surface area contributed by atoms with Crippen LogP contribution in [0.5, 0.6) is 0 Å². The molecule has 0 fully saturated rings. The summed E-state index contributed by atoms with van der Waals surface area (Å²) in [7, 11) is 0. The van der Waals surface area contributed by atoms with Gasteiger partial charge in [0.15, 0.2) is 12.3 Å². The third-order valence-corrected chi connectivity index (χ3v) is 4.74. The molecule has 1 heterocycles. The first kappa shape index (κ1) is 19.0. The maximum absolute atomic E-state index is 11.9. The van der Waals surface area contributed by atoms with Crippen LogP contribution in [0.1, 0.15) is 16.1 Å². The van der Waals surface area contributed by atoms with Gasteiger partial charge in [-0.25, -0.2) is 9.78 Å². The molecule has 0 spiro atoms. The van der Waals surface area contributed by atoms with Crippen molar-refractivity contribution in [1.29, 1.82) is 0 Å². The molecule has 1 aromatic carbocycles. The molecule has 1 aromatic heterocycles. The molecule has 0 unspecified atom stereocenters. The fraction of sp³-hybridized carbons (Fsp3) is 0.133. The minimum atomic E-state index is -0.878. The number of benzene rings is 1. The number of carbonyl (C=O) groups is 2. The van der Waals surface area contributed by atoms with Gasteiger partial charge in [-0.2, -0.15) is 0 Å². The Morgan fingerprint density at radius 3 is 2.62 bits per heavy atom. The normalized spacial score (nSPS) is 10.4. The van der Waals surface area contributed by atoms with E-state index in [4.69, 9.17) is 39.5 Å². The van der Waals surface area contributed by atoms with Gasteiger partial charge < -0.3 is 10.1 Å². The number of pyridine rings is 1. The summed E-state index contributed by atoms with van der Waals surface area (Å²) in [5.41, 5.74) is 1.38. The summed E-state index contributed by atoms with van der Waals surface area (Å²) in [6.45, 7) is 1.42. The first-order valence-corrected chi connectivity index (χ1v) is 8.45. The van der Waals surface area contributed by atoms with E-state index in [9.17, 15) is 9.59 Å². The Labute approximate surface area is 161 Å². The Hall–Kier alpha value is -1.34. The highest BCUT2D eigenvalue weighted by molar-refractivity contribution is 9.10. The second kappa shape index (κ2) is 8.16. The van der Waals surface area contributed by atoms with E-state index >= 15 is 0 Å². The fourth-order valence-corrected chi connectivity index (χ4v) is 2.84. The number of nitrogens with one attached hydrogen (secondary N) is 1. The first-order valence-electron chi connectivity index (χ1n) is 6.52. The highest BCUT2D eigenvalue weighted by Crippen LogP contribution is 2.31.